The molecule has 0 saturated carbocycles. The van der Waals surface area contributed by atoms with Crippen molar-refractivity contribution < 1.29 is 9.84 Å². The minimum atomic E-state index is -0.235. The zero-order valence-electron chi connectivity index (χ0n) is 15.1. The van der Waals surface area contributed by atoms with Gasteiger partial charge in [0.25, 0.3) is 0 Å². The van der Waals surface area contributed by atoms with Crippen LogP contribution in [0.25, 0.3) is 0 Å². The first-order valence-corrected chi connectivity index (χ1v) is 8.51. The van der Waals surface area contributed by atoms with Crippen LogP contribution < -0.4 is 10.1 Å². The van der Waals surface area contributed by atoms with E-state index in [1.807, 2.05) is 30.3 Å². The summed E-state index contributed by atoms with van der Waals surface area (Å²) < 4.78 is 5.22. The van der Waals surface area contributed by atoms with Crippen molar-refractivity contribution in [2.24, 2.45) is 5.41 Å². The monoisotopic (exact) mass is 327 g/mol. The van der Waals surface area contributed by atoms with E-state index in [-0.39, 0.29) is 18.1 Å². The van der Waals surface area contributed by atoms with Gasteiger partial charge in [0.1, 0.15) is 5.75 Å². The van der Waals surface area contributed by atoms with Gasteiger partial charge in [-0.15, -0.1) is 0 Å². The number of benzene rings is 2. The van der Waals surface area contributed by atoms with Crippen LogP contribution in [0.2, 0.25) is 0 Å². The first kappa shape index (κ1) is 18.5. The van der Waals surface area contributed by atoms with Gasteiger partial charge in [0.2, 0.25) is 0 Å². The summed E-state index contributed by atoms with van der Waals surface area (Å²) in [5.74, 6) is 1.25. The molecule has 0 amide bonds. The van der Waals surface area contributed by atoms with Crippen molar-refractivity contribution in [2.45, 2.75) is 32.7 Å². The van der Waals surface area contributed by atoms with Crippen molar-refractivity contribution in [1.82, 2.24) is 5.32 Å². The maximum Gasteiger partial charge on any atom is 0.118 e. The smallest absolute Gasteiger partial charge is 0.118 e. The highest BCUT2D eigenvalue weighted by Gasteiger charge is 2.30. The molecule has 24 heavy (non-hydrogen) atoms. The first-order valence-electron chi connectivity index (χ1n) is 8.51. The van der Waals surface area contributed by atoms with Crippen molar-refractivity contribution >= 4 is 0 Å². The van der Waals surface area contributed by atoms with E-state index >= 15 is 0 Å². The van der Waals surface area contributed by atoms with Gasteiger partial charge in [-0.05, 0) is 29.2 Å². The van der Waals surface area contributed by atoms with Gasteiger partial charge >= 0.3 is 0 Å². The van der Waals surface area contributed by atoms with Crippen LogP contribution in [0.3, 0.4) is 0 Å². The number of hydrogen-bond donors (Lipinski definition) is 2. The molecule has 2 rings (SSSR count). The largest absolute Gasteiger partial charge is 0.497 e. The zero-order valence-corrected chi connectivity index (χ0v) is 15.1. The van der Waals surface area contributed by atoms with E-state index in [1.165, 1.54) is 11.1 Å². The molecule has 2 unspecified atom stereocenters. The molecule has 0 aliphatic carbocycles. The summed E-state index contributed by atoms with van der Waals surface area (Å²) in [6.45, 7) is 7.38. The van der Waals surface area contributed by atoms with Crippen molar-refractivity contribution in [3.63, 3.8) is 0 Å². The van der Waals surface area contributed by atoms with Crippen molar-refractivity contribution in [3.8, 4) is 5.75 Å². The molecule has 3 nitrogen and oxygen atoms in total. The fourth-order valence-electron chi connectivity index (χ4n) is 2.93. The van der Waals surface area contributed by atoms with Gasteiger partial charge in [0.15, 0.2) is 0 Å². The van der Waals surface area contributed by atoms with Gasteiger partial charge in [-0.25, -0.2) is 0 Å². The fraction of sp³-hybridized carbons (Fsp3) is 0.429. The van der Waals surface area contributed by atoms with Crippen LogP contribution in [-0.2, 0) is 0 Å². The van der Waals surface area contributed by atoms with Crippen LogP contribution in [0.4, 0.5) is 0 Å². The summed E-state index contributed by atoms with van der Waals surface area (Å²) in [6, 6.07) is 18.7. The SMILES string of the molecule is COc1ccc(C(C)CNC(c2ccccc2)C(C)(C)CO)cc1. The van der Waals surface area contributed by atoms with Crippen LogP contribution in [0.5, 0.6) is 5.75 Å². The third kappa shape index (κ3) is 4.59. The predicted molar refractivity (Wildman–Crippen MR) is 99.5 cm³/mol. The summed E-state index contributed by atoms with van der Waals surface area (Å²) in [6.07, 6.45) is 0. The Morgan fingerprint density at radius 1 is 1.00 bits per heavy atom. The second-order valence-electron chi connectivity index (χ2n) is 7.07. The molecule has 0 saturated heterocycles. The molecular formula is C21H29NO2. The number of ether oxygens (including phenoxy) is 1. The molecule has 2 N–H and O–H groups in total. The molecule has 3 heteroatoms. The number of aliphatic hydroxyl groups excluding tert-OH is 1. The molecule has 2 atom stereocenters. The van der Waals surface area contributed by atoms with Gasteiger partial charge in [-0.2, -0.15) is 0 Å². The molecule has 0 spiro atoms. The van der Waals surface area contributed by atoms with Gasteiger partial charge in [-0.1, -0.05) is 63.2 Å². The first-order chi connectivity index (χ1) is 11.5. The van der Waals surface area contributed by atoms with E-state index in [2.05, 4.69) is 50.4 Å². The second-order valence-corrected chi connectivity index (χ2v) is 7.07. The molecule has 0 fully saturated rings. The van der Waals surface area contributed by atoms with Crippen molar-refractivity contribution in [1.29, 1.82) is 0 Å². The Labute approximate surface area is 145 Å². The maximum absolute atomic E-state index is 9.81. The highest BCUT2D eigenvalue weighted by atomic mass is 16.5. The molecule has 0 bridgehead atoms. The topological polar surface area (TPSA) is 41.5 Å². The second kappa shape index (κ2) is 8.32. The third-order valence-electron chi connectivity index (χ3n) is 4.63. The lowest BCUT2D eigenvalue weighted by Crippen LogP contribution is -2.38. The summed E-state index contributed by atoms with van der Waals surface area (Å²) in [5.41, 5.74) is 2.25. The number of rotatable bonds is 8. The average Bonchev–Trinajstić information content (AvgIpc) is 2.62. The molecular weight excluding hydrogens is 298 g/mol. The third-order valence-corrected chi connectivity index (χ3v) is 4.63. The van der Waals surface area contributed by atoms with Crippen LogP contribution in [0.1, 0.15) is 43.9 Å². The van der Waals surface area contributed by atoms with Crippen LogP contribution in [-0.4, -0.2) is 25.4 Å². The lowest BCUT2D eigenvalue weighted by Gasteiger charge is -2.35. The van der Waals surface area contributed by atoms with E-state index < -0.39 is 0 Å². The Morgan fingerprint density at radius 2 is 1.62 bits per heavy atom. The molecule has 0 heterocycles. The summed E-state index contributed by atoms with van der Waals surface area (Å²) in [5, 5.41) is 13.5. The van der Waals surface area contributed by atoms with Crippen LogP contribution in [0, 0.1) is 5.41 Å². The van der Waals surface area contributed by atoms with Crippen molar-refractivity contribution in [2.75, 3.05) is 20.3 Å². The highest BCUT2D eigenvalue weighted by Crippen LogP contribution is 2.33. The number of methoxy groups -OCH3 is 1. The standard InChI is InChI=1S/C21H29NO2/c1-16(17-10-12-19(24-4)13-11-17)14-22-20(21(2,3)15-23)18-8-6-5-7-9-18/h5-13,16,20,22-23H,14-15H2,1-4H3. The molecule has 0 aliphatic heterocycles. The molecule has 0 radical (unpaired) electrons. The molecule has 2 aromatic rings. The van der Waals surface area contributed by atoms with E-state index in [9.17, 15) is 5.11 Å². The minimum Gasteiger partial charge on any atom is -0.497 e. The van der Waals surface area contributed by atoms with E-state index in [0.717, 1.165) is 12.3 Å². The Morgan fingerprint density at radius 3 is 2.17 bits per heavy atom. The highest BCUT2D eigenvalue weighted by molar-refractivity contribution is 5.29. The lowest BCUT2D eigenvalue weighted by molar-refractivity contribution is 0.115. The van der Waals surface area contributed by atoms with Crippen LogP contribution >= 0.6 is 0 Å². The quantitative estimate of drug-likeness (QED) is 0.765. The van der Waals surface area contributed by atoms with Crippen molar-refractivity contribution in [3.05, 3.63) is 65.7 Å². The van der Waals surface area contributed by atoms with Gasteiger partial charge < -0.3 is 15.2 Å². The van der Waals surface area contributed by atoms with Gasteiger partial charge in [0.05, 0.1) is 7.11 Å². The number of aliphatic hydroxyl groups is 1. The number of hydrogen-bond acceptors (Lipinski definition) is 3. The minimum absolute atomic E-state index is 0.101. The summed E-state index contributed by atoms with van der Waals surface area (Å²) >= 11 is 0. The van der Waals surface area contributed by atoms with E-state index in [0.29, 0.717) is 5.92 Å². The Hall–Kier alpha value is -1.84. The predicted octanol–water partition coefficient (Wildman–Crippen LogP) is 4.15. The van der Waals surface area contributed by atoms with E-state index in [1.54, 1.807) is 7.11 Å². The molecule has 0 aliphatic rings. The molecule has 2 aromatic carbocycles. The van der Waals surface area contributed by atoms with E-state index in [4.69, 9.17) is 4.74 Å². The average molecular weight is 327 g/mol. The summed E-state index contributed by atoms with van der Waals surface area (Å²) in [7, 11) is 1.68. The Balaban J connectivity index is 2.09. The Kier molecular flexibility index (Phi) is 6.41. The van der Waals surface area contributed by atoms with Crippen LogP contribution in [0.15, 0.2) is 54.6 Å². The zero-order chi connectivity index (χ0) is 17.6. The Bertz CT molecular complexity index is 607. The number of nitrogens with one attached hydrogen (secondary N) is 1. The fourth-order valence-corrected chi connectivity index (χ4v) is 2.93. The maximum atomic E-state index is 9.81. The summed E-state index contributed by atoms with van der Waals surface area (Å²) in [4.78, 5) is 0. The van der Waals surface area contributed by atoms with Gasteiger partial charge in [0, 0.05) is 24.6 Å². The molecule has 0 aromatic heterocycles. The molecule has 130 valence electrons. The van der Waals surface area contributed by atoms with Gasteiger partial charge in [-0.3, -0.25) is 0 Å². The normalized spacial score (nSPS) is 14.2. The lowest BCUT2D eigenvalue weighted by atomic mass is 9.81.